The number of carbonyl (C=O) groups excluding carboxylic acids is 1. The molecule has 1 aliphatic rings. The van der Waals surface area contributed by atoms with E-state index in [1.165, 1.54) is 36.6 Å². The van der Waals surface area contributed by atoms with Crippen molar-refractivity contribution in [2.24, 2.45) is 0 Å². The van der Waals surface area contributed by atoms with E-state index in [0.717, 1.165) is 13.1 Å². The van der Waals surface area contributed by atoms with Crippen molar-refractivity contribution in [3.05, 3.63) is 30.1 Å². The van der Waals surface area contributed by atoms with E-state index in [1.807, 2.05) is 0 Å². The molecular formula is C14H20FN2O+. The molecule has 0 aliphatic carbocycles. The number of rotatable bonds is 3. The predicted octanol–water partition coefficient (Wildman–Crippen LogP) is 1.22. The Labute approximate surface area is 107 Å². The predicted molar refractivity (Wildman–Crippen MR) is 69.1 cm³/mol. The van der Waals surface area contributed by atoms with Crippen molar-refractivity contribution in [1.82, 2.24) is 0 Å². The first-order valence-electron chi connectivity index (χ1n) is 6.63. The van der Waals surface area contributed by atoms with Crippen LogP contribution in [0.15, 0.2) is 24.3 Å². The quantitative estimate of drug-likeness (QED) is 0.832. The van der Waals surface area contributed by atoms with Crippen LogP contribution in [-0.4, -0.2) is 25.5 Å². The standard InChI is InChI=1S/C14H19FN2O/c15-12-7-3-4-8-13(12)16-14(18)11-17-9-5-1-2-6-10-17/h3-4,7-8H,1-2,5-6,9-11H2,(H,16,18)/p+1. The Morgan fingerprint density at radius 2 is 1.83 bits per heavy atom. The number of carbonyl (C=O) groups is 1. The lowest BCUT2D eigenvalue weighted by atomic mass is 10.2. The molecule has 1 heterocycles. The number of hydrogen-bond acceptors (Lipinski definition) is 1. The van der Waals surface area contributed by atoms with E-state index < -0.39 is 0 Å². The molecule has 1 aromatic rings. The molecule has 4 heteroatoms. The molecule has 1 amide bonds. The van der Waals surface area contributed by atoms with E-state index in [9.17, 15) is 9.18 Å². The summed E-state index contributed by atoms with van der Waals surface area (Å²) in [6.45, 7) is 2.53. The molecular weight excluding hydrogens is 231 g/mol. The molecule has 18 heavy (non-hydrogen) atoms. The van der Waals surface area contributed by atoms with Crippen LogP contribution in [0.5, 0.6) is 0 Å². The van der Waals surface area contributed by atoms with Crippen LogP contribution in [0, 0.1) is 5.82 Å². The van der Waals surface area contributed by atoms with Gasteiger partial charge in [0.05, 0.1) is 18.8 Å². The molecule has 0 atom stereocenters. The van der Waals surface area contributed by atoms with E-state index in [4.69, 9.17) is 0 Å². The first kappa shape index (κ1) is 13.0. The molecule has 0 saturated carbocycles. The summed E-state index contributed by atoms with van der Waals surface area (Å²) >= 11 is 0. The minimum absolute atomic E-state index is 0.1000. The highest BCUT2D eigenvalue weighted by Gasteiger charge is 2.16. The summed E-state index contributed by atoms with van der Waals surface area (Å²) < 4.78 is 13.4. The monoisotopic (exact) mass is 251 g/mol. The van der Waals surface area contributed by atoms with Crippen molar-refractivity contribution in [2.45, 2.75) is 25.7 Å². The third-order valence-electron chi connectivity index (χ3n) is 3.37. The van der Waals surface area contributed by atoms with E-state index in [2.05, 4.69) is 5.32 Å². The molecule has 3 nitrogen and oxygen atoms in total. The first-order chi connectivity index (χ1) is 8.75. The van der Waals surface area contributed by atoms with E-state index in [-0.39, 0.29) is 17.4 Å². The van der Waals surface area contributed by atoms with Crippen LogP contribution < -0.4 is 10.2 Å². The fourth-order valence-electron chi connectivity index (χ4n) is 2.39. The van der Waals surface area contributed by atoms with Crippen molar-refractivity contribution >= 4 is 11.6 Å². The van der Waals surface area contributed by atoms with Crippen LogP contribution in [0.2, 0.25) is 0 Å². The molecule has 1 saturated heterocycles. The van der Waals surface area contributed by atoms with E-state index in [1.54, 1.807) is 18.2 Å². The molecule has 98 valence electrons. The van der Waals surface area contributed by atoms with Gasteiger partial charge in [-0.05, 0) is 37.8 Å². The molecule has 1 aromatic carbocycles. The van der Waals surface area contributed by atoms with Crippen molar-refractivity contribution in [1.29, 1.82) is 0 Å². The normalized spacial score (nSPS) is 17.2. The van der Waals surface area contributed by atoms with Gasteiger partial charge in [-0.3, -0.25) is 4.79 Å². The summed E-state index contributed by atoms with van der Waals surface area (Å²) in [5, 5.41) is 2.64. The molecule has 2 N–H and O–H groups in total. The summed E-state index contributed by atoms with van der Waals surface area (Å²) in [6.07, 6.45) is 4.89. The van der Waals surface area contributed by atoms with Gasteiger partial charge < -0.3 is 10.2 Å². The maximum absolute atomic E-state index is 13.4. The maximum atomic E-state index is 13.4. The fourth-order valence-corrected chi connectivity index (χ4v) is 2.39. The van der Waals surface area contributed by atoms with Crippen LogP contribution >= 0.6 is 0 Å². The van der Waals surface area contributed by atoms with Gasteiger partial charge in [-0.1, -0.05) is 12.1 Å². The SMILES string of the molecule is O=C(C[NH+]1CCCCCC1)Nc1ccccc1F. The topological polar surface area (TPSA) is 33.5 Å². The molecule has 0 unspecified atom stereocenters. The highest BCUT2D eigenvalue weighted by molar-refractivity contribution is 5.91. The zero-order chi connectivity index (χ0) is 12.8. The van der Waals surface area contributed by atoms with Crippen LogP contribution in [0.1, 0.15) is 25.7 Å². The van der Waals surface area contributed by atoms with Crippen LogP contribution in [0.25, 0.3) is 0 Å². The molecule has 1 aliphatic heterocycles. The highest BCUT2D eigenvalue weighted by Crippen LogP contribution is 2.11. The second-order valence-corrected chi connectivity index (χ2v) is 4.87. The minimum atomic E-state index is -0.378. The lowest BCUT2D eigenvalue weighted by molar-refractivity contribution is -0.890. The number of nitrogens with one attached hydrogen (secondary N) is 2. The van der Waals surface area contributed by atoms with Crippen molar-refractivity contribution < 1.29 is 14.1 Å². The van der Waals surface area contributed by atoms with Gasteiger partial charge in [-0.2, -0.15) is 0 Å². The summed E-state index contributed by atoms with van der Waals surface area (Å²) in [7, 11) is 0. The Kier molecular flexibility index (Phi) is 4.70. The van der Waals surface area contributed by atoms with Gasteiger partial charge in [0, 0.05) is 0 Å². The molecule has 2 rings (SSSR count). The van der Waals surface area contributed by atoms with Gasteiger partial charge in [0.1, 0.15) is 5.82 Å². The van der Waals surface area contributed by atoms with Gasteiger partial charge >= 0.3 is 0 Å². The Hall–Kier alpha value is -1.42. The van der Waals surface area contributed by atoms with Crippen molar-refractivity contribution in [3.63, 3.8) is 0 Å². The maximum Gasteiger partial charge on any atom is 0.279 e. The van der Waals surface area contributed by atoms with Gasteiger partial charge in [0.15, 0.2) is 6.54 Å². The van der Waals surface area contributed by atoms with Crippen LogP contribution in [0.4, 0.5) is 10.1 Å². The largest absolute Gasteiger partial charge is 0.327 e. The molecule has 0 aromatic heterocycles. The lowest BCUT2D eigenvalue weighted by Gasteiger charge is -2.16. The zero-order valence-electron chi connectivity index (χ0n) is 10.5. The fraction of sp³-hybridized carbons (Fsp3) is 0.500. The number of hydrogen-bond donors (Lipinski definition) is 2. The highest BCUT2D eigenvalue weighted by atomic mass is 19.1. The lowest BCUT2D eigenvalue weighted by Crippen LogP contribution is -3.12. The summed E-state index contributed by atoms with van der Waals surface area (Å²) in [5.41, 5.74) is 0.275. The van der Waals surface area contributed by atoms with Crippen molar-refractivity contribution in [2.75, 3.05) is 25.0 Å². The number of amides is 1. The van der Waals surface area contributed by atoms with Crippen LogP contribution in [-0.2, 0) is 4.79 Å². The number of quaternary nitrogens is 1. The summed E-state index contributed by atoms with van der Waals surface area (Å²) in [6, 6.07) is 6.28. The van der Waals surface area contributed by atoms with Gasteiger partial charge in [0.25, 0.3) is 5.91 Å². The van der Waals surface area contributed by atoms with Gasteiger partial charge in [0.2, 0.25) is 0 Å². The van der Waals surface area contributed by atoms with Crippen LogP contribution in [0.3, 0.4) is 0 Å². The van der Waals surface area contributed by atoms with Gasteiger partial charge in [-0.25, -0.2) is 4.39 Å². The van der Waals surface area contributed by atoms with Crippen molar-refractivity contribution in [3.8, 4) is 0 Å². The second kappa shape index (κ2) is 6.50. The Balaban J connectivity index is 1.86. The second-order valence-electron chi connectivity index (χ2n) is 4.87. The number of halogens is 1. The third-order valence-corrected chi connectivity index (χ3v) is 3.37. The molecule has 0 spiro atoms. The first-order valence-corrected chi connectivity index (χ1v) is 6.63. The third kappa shape index (κ3) is 3.81. The van der Waals surface area contributed by atoms with E-state index >= 15 is 0 Å². The number of anilines is 1. The van der Waals surface area contributed by atoms with Gasteiger partial charge in [-0.15, -0.1) is 0 Å². The molecule has 0 radical (unpaired) electrons. The number of benzene rings is 1. The number of likely N-dealkylation sites (tertiary alicyclic amines) is 1. The zero-order valence-corrected chi connectivity index (χ0v) is 10.5. The minimum Gasteiger partial charge on any atom is -0.327 e. The average molecular weight is 251 g/mol. The smallest absolute Gasteiger partial charge is 0.279 e. The summed E-state index contributed by atoms with van der Waals surface area (Å²) in [4.78, 5) is 13.2. The summed E-state index contributed by atoms with van der Waals surface area (Å²) in [5.74, 6) is -0.478. The molecule has 1 fully saturated rings. The Bertz CT molecular complexity index is 401. The Morgan fingerprint density at radius 1 is 1.17 bits per heavy atom. The van der Waals surface area contributed by atoms with E-state index in [0.29, 0.717) is 6.54 Å². The molecule has 0 bridgehead atoms. The Morgan fingerprint density at radius 3 is 2.50 bits per heavy atom. The number of para-hydroxylation sites is 1. The average Bonchev–Trinajstić information content (AvgIpc) is 2.61.